The second-order valence-electron chi connectivity index (χ2n) is 10.5. The minimum absolute atomic E-state index is 0.219. The Kier molecular flexibility index (Phi) is 15.0. The molecule has 4 rings (SSSR count). The van der Waals surface area contributed by atoms with E-state index in [0.29, 0.717) is 97.9 Å². The number of nitrogens with two attached hydrogens (primary N) is 1. The third-order valence-corrected chi connectivity index (χ3v) is 7.48. The van der Waals surface area contributed by atoms with E-state index in [0.717, 1.165) is 54.5 Å². The Morgan fingerprint density at radius 2 is 1.36 bits per heavy atom. The zero-order valence-corrected chi connectivity index (χ0v) is 26.0. The predicted octanol–water partition coefficient (Wildman–Crippen LogP) is 2.28. The molecule has 0 spiro atoms. The second kappa shape index (κ2) is 19.5. The van der Waals surface area contributed by atoms with Crippen LogP contribution in [0.2, 0.25) is 0 Å². The zero-order valence-electron chi connectivity index (χ0n) is 26.0. The van der Waals surface area contributed by atoms with Crippen molar-refractivity contribution in [1.29, 1.82) is 0 Å². The van der Waals surface area contributed by atoms with Crippen molar-refractivity contribution < 1.29 is 33.2 Å². The van der Waals surface area contributed by atoms with E-state index < -0.39 is 0 Å². The summed E-state index contributed by atoms with van der Waals surface area (Å²) in [5.41, 5.74) is 8.92. The van der Waals surface area contributed by atoms with Crippen LogP contribution in [-0.2, 0) is 33.2 Å². The molecule has 1 aliphatic rings. The number of carbonyl (C=O) groups is 1. The number of Topliss-reactive ketones (excluding diaryl/α,β-unsaturated/α-hetero) is 1. The van der Waals surface area contributed by atoms with Crippen molar-refractivity contribution in [2.24, 2.45) is 0 Å². The van der Waals surface area contributed by atoms with E-state index in [1.165, 1.54) is 5.69 Å². The number of nitrogens with one attached hydrogen (secondary N) is 1. The fourth-order valence-corrected chi connectivity index (χ4v) is 4.89. The molecular formula is C31H48N6O7. The van der Waals surface area contributed by atoms with Crippen LogP contribution in [0, 0.1) is 0 Å². The number of piperazine rings is 1. The van der Waals surface area contributed by atoms with Gasteiger partial charge in [0.25, 0.3) is 0 Å². The highest BCUT2D eigenvalue weighted by molar-refractivity contribution is 6.08. The van der Waals surface area contributed by atoms with Gasteiger partial charge >= 0.3 is 0 Å². The maximum atomic E-state index is 11.2. The largest absolute Gasteiger partial charge is 0.382 e. The summed E-state index contributed by atoms with van der Waals surface area (Å²) in [5, 5.41) is 9.16. The van der Waals surface area contributed by atoms with Crippen LogP contribution in [0.25, 0.3) is 21.8 Å². The molecule has 0 atom stereocenters. The number of aromatic nitrogens is 3. The molecule has 2 aromatic heterocycles. The molecule has 1 fully saturated rings. The molecule has 1 saturated heterocycles. The summed E-state index contributed by atoms with van der Waals surface area (Å²) in [6.07, 6.45) is 2.85. The molecule has 0 aliphatic carbocycles. The number of H-pyrrole nitrogens is 1. The summed E-state index contributed by atoms with van der Waals surface area (Å²) in [6, 6.07) is 6.35. The van der Waals surface area contributed by atoms with Crippen LogP contribution in [0.5, 0.6) is 0 Å². The number of hydrogen-bond donors (Lipinski definition) is 2. The van der Waals surface area contributed by atoms with E-state index in [1.807, 2.05) is 19.2 Å². The minimum atomic E-state index is 0.219. The average Bonchev–Trinajstić information content (AvgIpc) is 3.55. The van der Waals surface area contributed by atoms with Gasteiger partial charge in [0.15, 0.2) is 0 Å². The standard InChI is InChI=1S/C31H48N6O7/c1-2-26(38)5-11-39-13-15-41-17-19-43-21-22-44-20-18-42-16-14-40-12-10-36-6-8-37(9-7-36)25-3-4-29-27(23-25)28-24-33-35-30(28)31(32)34-29/h3-4,23-24H,2,5-22H2,1H3,(H2,32,34)(H,33,35). The van der Waals surface area contributed by atoms with Crippen molar-refractivity contribution in [1.82, 2.24) is 20.1 Å². The van der Waals surface area contributed by atoms with Crippen LogP contribution >= 0.6 is 0 Å². The lowest BCUT2D eigenvalue weighted by molar-refractivity contribution is -0.120. The smallest absolute Gasteiger partial charge is 0.150 e. The summed E-state index contributed by atoms with van der Waals surface area (Å²) >= 11 is 0. The van der Waals surface area contributed by atoms with Gasteiger partial charge in [-0.05, 0) is 18.2 Å². The van der Waals surface area contributed by atoms with Gasteiger partial charge < -0.3 is 39.1 Å². The van der Waals surface area contributed by atoms with Crippen LogP contribution in [-0.4, -0.2) is 138 Å². The first-order valence-corrected chi connectivity index (χ1v) is 15.6. The maximum Gasteiger partial charge on any atom is 0.150 e. The number of aromatic amines is 1. The monoisotopic (exact) mass is 616 g/mol. The molecule has 13 nitrogen and oxygen atoms in total. The molecule has 0 saturated carbocycles. The first-order chi connectivity index (χ1) is 21.7. The molecule has 0 bridgehead atoms. The summed E-state index contributed by atoms with van der Waals surface area (Å²) < 4.78 is 33.1. The number of pyridine rings is 1. The van der Waals surface area contributed by atoms with E-state index in [2.05, 4.69) is 37.1 Å². The number of nitrogens with zero attached hydrogens (tertiary/aromatic N) is 4. The first kappa shape index (κ1) is 34.0. The van der Waals surface area contributed by atoms with Crippen LogP contribution in [0.3, 0.4) is 0 Å². The van der Waals surface area contributed by atoms with Crippen LogP contribution < -0.4 is 10.6 Å². The third-order valence-electron chi connectivity index (χ3n) is 7.48. The van der Waals surface area contributed by atoms with E-state index in [4.69, 9.17) is 34.2 Å². The predicted molar refractivity (Wildman–Crippen MR) is 169 cm³/mol. The number of hydrogen-bond acceptors (Lipinski definition) is 12. The summed E-state index contributed by atoms with van der Waals surface area (Å²) in [4.78, 5) is 20.5. The van der Waals surface area contributed by atoms with Gasteiger partial charge in [-0.2, -0.15) is 5.10 Å². The van der Waals surface area contributed by atoms with Gasteiger partial charge in [0.05, 0.1) is 91.0 Å². The first-order valence-electron chi connectivity index (χ1n) is 15.6. The lowest BCUT2D eigenvalue weighted by Gasteiger charge is -2.36. The van der Waals surface area contributed by atoms with Gasteiger partial charge in [0, 0.05) is 62.0 Å². The van der Waals surface area contributed by atoms with Gasteiger partial charge in [-0.3, -0.25) is 14.8 Å². The Balaban J connectivity index is 0.923. The molecule has 13 heteroatoms. The fourth-order valence-electron chi connectivity index (χ4n) is 4.89. The van der Waals surface area contributed by atoms with Gasteiger partial charge in [-0.15, -0.1) is 0 Å². The number of rotatable bonds is 23. The number of anilines is 2. The highest BCUT2D eigenvalue weighted by atomic mass is 16.6. The van der Waals surface area contributed by atoms with Crippen LogP contribution in [0.15, 0.2) is 24.4 Å². The maximum absolute atomic E-state index is 11.2. The Morgan fingerprint density at radius 1 is 0.795 bits per heavy atom. The molecule has 0 unspecified atom stereocenters. The second-order valence-corrected chi connectivity index (χ2v) is 10.5. The summed E-state index contributed by atoms with van der Waals surface area (Å²) in [5.74, 6) is 0.694. The van der Waals surface area contributed by atoms with Crippen LogP contribution in [0.1, 0.15) is 19.8 Å². The molecule has 44 heavy (non-hydrogen) atoms. The van der Waals surface area contributed by atoms with Crippen molar-refractivity contribution in [3.63, 3.8) is 0 Å². The molecule has 3 aromatic rings. The number of ether oxygens (including phenoxy) is 6. The zero-order chi connectivity index (χ0) is 30.8. The van der Waals surface area contributed by atoms with Gasteiger partial charge in [-0.1, -0.05) is 6.92 Å². The van der Waals surface area contributed by atoms with E-state index >= 15 is 0 Å². The Labute approximate surface area is 259 Å². The number of carbonyl (C=O) groups excluding carboxylic acids is 1. The number of ketones is 1. The van der Waals surface area contributed by atoms with E-state index in [9.17, 15) is 4.79 Å². The molecule has 0 radical (unpaired) electrons. The molecule has 1 aromatic carbocycles. The normalized spacial score (nSPS) is 14.2. The molecule has 0 amide bonds. The van der Waals surface area contributed by atoms with Gasteiger partial charge in [0.2, 0.25) is 0 Å². The van der Waals surface area contributed by atoms with Gasteiger partial charge in [0.1, 0.15) is 17.1 Å². The summed E-state index contributed by atoms with van der Waals surface area (Å²) in [6.45, 7) is 13.0. The number of fused-ring (bicyclic) bond motifs is 3. The number of nitrogen functional groups attached to an aromatic ring is 1. The Morgan fingerprint density at radius 3 is 1.95 bits per heavy atom. The summed E-state index contributed by atoms with van der Waals surface area (Å²) in [7, 11) is 0. The molecule has 3 N–H and O–H groups in total. The Hall–Kier alpha value is -2.91. The highest BCUT2D eigenvalue weighted by Gasteiger charge is 2.18. The molecule has 244 valence electrons. The average molecular weight is 617 g/mol. The molecule has 1 aliphatic heterocycles. The number of benzene rings is 1. The van der Waals surface area contributed by atoms with Crippen LogP contribution in [0.4, 0.5) is 11.5 Å². The van der Waals surface area contributed by atoms with Gasteiger partial charge in [-0.25, -0.2) is 4.98 Å². The van der Waals surface area contributed by atoms with E-state index in [-0.39, 0.29) is 5.78 Å². The minimum Gasteiger partial charge on any atom is -0.382 e. The Bertz CT molecular complexity index is 1250. The van der Waals surface area contributed by atoms with Crippen molar-refractivity contribution in [2.45, 2.75) is 19.8 Å². The molecular weight excluding hydrogens is 568 g/mol. The third kappa shape index (κ3) is 11.2. The van der Waals surface area contributed by atoms with Crippen molar-refractivity contribution in [3.8, 4) is 0 Å². The quantitative estimate of drug-likeness (QED) is 0.151. The highest BCUT2D eigenvalue weighted by Crippen LogP contribution is 2.29. The molecule has 3 heterocycles. The lowest BCUT2D eigenvalue weighted by Crippen LogP contribution is -2.47. The van der Waals surface area contributed by atoms with Crippen molar-refractivity contribution in [2.75, 3.05) is 123 Å². The SMILES string of the molecule is CCC(=O)CCOCCOCCOCCOCCOCCOCCN1CCN(c2ccc3nc(N)c4[nH]ncc4c3c2)CC1. The van der Waals surface area contributed by atoms with Crippen molar-refractivity contribution >= 4 is 39.1 Å². The lowest BCUT2D eigenvalue weighted by atomic mass is 10.1. The van der Waals surface area contributed by atoms with Crippen molar-refractivity contribution in [3.05, 3.63) is 24.4 Å². The van der Waals surface area contributed by atoms with E-state index in [1.54, 1.807) is 0 Å². The topological polar surface area (TPSA) is 147 Å². The fraction of sp³-hybridized carbons (Fsp3) is 0.645.